The molecular formula is C16H31ClN2O. The summed E-state index contributed by atoms with van der Waals surface area (Å²) in [6.07, 6.45) is 12.2. The van der Waals surface area contributed by atoms with Crippen LogP contribution in [0.1, 0.15) is 64.2 Å². The zero-order valence-electron chi connectivity index (χ0n) is 12.9. The van der Waals surface area contributed by atoms with Gasteiger partial charge < -0.3 is 10.2 Å². The summed E-state index contributed by atoms with van der Waals surface area (Å²) >= 11 is 0. The first-order chi connectivity index (χ1) is 9.29. The normalized spacial score (nSPS) is 25.8. The molecule has 0 spiro atoms. The van der Waals surface area contributed by atoms with E-state index in [1.165, 1.54) is 44.9 Å². The summed E-state index contributed by atoms with van der Waals surface area (Å²) in [6.45, 7) is 2.18. The summed E-state index contributed by atoms with van der Waals surface area (Å²) < 4.78 is 0. The Morgan fingerprint density at radius 2 is 1.55 bits per heavy atom. The number of nitrogens with one attached hydrogen (secondary N) is 1. The van der Waals surface area contributed by atoms with Gasteiger partial charge in [0.1, 0.15) is 0 Å². The van der Waals surface area contributed by atoms with E-state index in [-0.39, 0.29) is 12.4 Å². The summed E-state index contributed by atoms with van der Waals surface area (Å²) in [5.74, 6) is 0.732. The Balaban J connectivity index is 0.00000200. The molecule has 2 rings (SSSR count). The third-order valence-corrected chi connectivity index (χ3v) is 4.90. The number of carbonyl (C=O) groups excluding carboxylic acids is 1. The Morgan fingerprint density at radius 1 is 0.900 bits per heavy atom. The molecular weight excluding hydrogens is 272 g/mol. The first kappa shape index (κ1) is 17.8. The average Bonchev–Trinajstić information content (AvgIpc) is 2.65. The van der Waals surface area contributed by atoms with E-state index in [1.807, 2.05) is 7.05 Å². The van der Waals surface area contributed by atoms with Gasteiger partial charge in [0.25, 0.3) is 0 Å². The van der Waals surface area contributed by atoms with Gasteiger partial charge in [-0.15, -0.1) is 12.4 Å². The van der Waals surface area contributed by atoms with E-state index in [2.05, 4.69) is 10.2 Å². The van der Waals surface area contributed by atoms with E-state index in [0.29, 0.717) is 17.9 Å². The smallest absolute Gasteiger partial charge is 0.225 e. The maximum absolute atomic E-state index is 12.7. The van der Waals surface area contributed by atoms with Crippen molar-refractivity contribution in [3.63, 3.8) is 0 Å². The van der Waals surface area contributed by atoms with Crippen LogP contribution in [0.15, 0.2) is 0 Å². The molecule has 1 amide bonds. The molecule has 2 aliphatic rings. The SMILES string of the molecule is CN(C(=O)C1CCCCCCC1)C1CCCNCC1.Cl. The molecule has 0 radical (unpaired) electrons. The van der Waals surface area contributed by atoms with Crippen molar-refractivity contribution >= 4 is 18.3 Å². The molecule has 0 bridgehead atoms. The lowest BCUT2D eigenvalue weighted by Gasteiger charge is -2.31. The third kappa shape index (κ3) is 5.25. The molecule has 1 saturated carbocycles. The average molecular weight is 303 g/mol. The minimum absolute atomic E-state index is 0. The Labute approximate surface area is 130 Å². The molecule has 2 fully saturated rings. The highest BCUT2D eigenvalue weighted by Gasteiger charge is 2.27. The fourth-order valence-corrected chi connectivity index (χ4v) is 3.56. The summed E-state index contributed by atoms with van der Waals surface area (Å²) in [6, 6.07) is 0.466. The molecule has 0 aromatic carbocycles. The molecule has 118 valence electrons. The van der Waals surface area contributed by atoms with E-state index in [0.717, 1.165) is 32.4 Å². The number of carbonyl (C=O) groups is 1. The maximum atomic E-state index is 12.7. The highest BCUT2D eigenvalue weighted by atomic mass is 35.5. The summed E-state index contributed by atoms with van der Waals surface area (Å²) in [5, 5.41) is 3.43. The molecule has 1 atom stereocenters. The molecule has 4 heteroatoms. The van der Waals surface area contributed by atoms with E-state index in [4.69, 9.17) is 0 Å². The predicted molar refractivity (Wildman–Crippen MR) is 86.3 cm³/mol. The minimum atomic E-state index is 0. The van der Waals surface area contributed by atoms with Crippen LogP contribution in [0.5, 0.6) is 0 Å². The van der Waals surface area contributed by atoms with Gasteiger partial charge >= 0.3 is 0 Å². The van der Waals surface area contributed by atoms with Gasteiger partial charge in [-0.2, -0.15) is 0 Å². The van der Waals surface area contributed by atoms with E-state index in [9.17, 15) is 4.79 Å². The third-order valence-electron chi connectivity index (χ3n) is 4.90. The Hall–Kier alpha value is -0.280. The molecule has 0 aromatic rings. The molecule has 1 heterocycles. The van der Waals surface area contributed by atoms with Crippen LogP contribution in [0.3, 0.4) is 0 Å². The lowest BCUT2D eigenvalue weighted by atomic mass is 9.89. The van der Waals surface area contributed by atoms with Gasteiger partial charge in [0.2, 0.25) is 5.91 Å². The first-order valence-electron chi connectivity index (χ1n) is 8.26. The molecule has 1 N–H and O–H groups in total. The van der Waals surface area contributed by atoms with Crippen LogP contribution in [0.2, 0.25) is 0 Å². The highest BCUT2D eigenvalue weighted by Crippen LogP contribution is 2.25. The maximum Gasteiger partial charge on any atom is 0.225 e. The van der Waals surface area contributed by atoms with Crippen molar-refractivity contribution in [1.82, 2.24) is 10.2 Å². The second-order valence-electron chi connectivity index (χ2n) is 6.33. The van der Waals surface area contributed by atoms with Gasteiger partial charge in [-0.3, -0.25) is 4.79 Å². The fraction of sp³-hybridized carbons (Fsp3) is 0.938. The van der Waals surface area contributed by atoms with Gasteiger partial charge in [0.05, 0.1) is 0 Å². The lowest BCUT2D eigenvalue weighted by Crippen LogP contribution is -2.41. The van der Waals surface area contributed by atoms with Crippen LogP contribution < -0.4 is 5.32 Å². The largest absolute Gasteiger partial charge is 0.342 e. The van der Waals surface area contributed by atoms with E-state index >= 15 is 0 Å². The van der Waals surface area contributed by atoms with Crippen molar-refractivity contribution in [2.45, 2.75) is 70.3 Å². The quantitative estimate of drug-likeness (QED) is 0.848. The molecule has 1 saturated heterocycles. The molecule has 3 nitrogen and oxygen atoms in total. The monoisotopic (exact) mass is 302 g/mol. The molecule has 1 unspecified atom stereocenters. The van der Waals surface area contributed by atoms with E-state index in [1.54, 1.807) is 0 Å². The number of nitrogens with zero attached hydrogens (tertiary/aromatic N) is 1. The van der Waals surface area contributed by atoms with Crippen LogP contribution in [0.25, 0.3) is 0 Å². The number of amides is 1. The van der Waals surface area contributed by atoms with Gasteiger partial charge in [-0.1, -0.05) is 32.1 Å². The fourth-order valence-electron chi connectivity index (χ4n) is 3.56. The number of halogens is 1. The number of hydrogen-bond donors (Lipinski definition) is 1. The second kappa shape index (κ2) is 9.62. The number of hydrogen-bond acceptors (Lipinski definition) is 2. The van der Waals surface area contributed by atoms with Gasteiger partial charge in [0, 0.05) is 19.0 Å². The standard InChI is InChI=1S/C16H30N2O.ClH/c1-18(15-10-7-12-17-13-11-15)16(19)14-8-5-3-2-4-6-9-14;/h14-15,17H,2-13H2,1H3;1H. The Morgan fingerprint density at radius 3 is 2.25 bits per heavy atom. The summed E-state index contributed by atoms with van der Waals surface area (Å²) in [5.41, 5.74) is 0. The summed E-state index contributed by atoms with van der Waals surface area (Å²) in [7, 11) is 2.04. The second-order valence-corrected chi connectivity index (χ2v) is 6.33. The van der Waals surface area contributed by atoms with Crippen molar-refractivity contribution in [2.24, 2.45) is 5.92 Å². The topological polar surface area (TPSA) is 32.3 Å². The van der Waals surface area contributed by atoms with Crippen molar-refractivity contribution in [2.75, 3.05) is 20.1 Å². The van der Waals surface area contributed by atoms with Crippen molar-refractivity contribution in [3.05, 3.63) is 0 Å². The zero-order valence-corrected chi connectivity index (χ0v) is 13.7. The minimum Gasteiger partial charge on any atom is -0.342 e. The summed E-state index contributed by atoms with van der Waals surface area (Å²) in [4.78, 5) is 14.8. The van der Waals surface area contributed by atoms with Crippen LogP contribution in [0.4, 0.5) is 0 Å². The van der Waals surface area contributed by atoms with Crippen molar-refractivity contribution in [3.8, 4) is 0 Å². The van der Waals surface area contributed by atoms with Gasteiger partial charge in [-0.05, 0) is 45.2 Å². The lowest BCUT2D eigenvalue weighted by molar-refractivity contribution is -0.137. The molecule has 0 aromatic heterocycles. The predicted octanol–water partition coefficient (Wildman–Crippen LogP) is 3.37. The highest BCUT2D eigenvalue weighted by molar-refractivity contribution is 5.85. The van der Waals surface area contributed by atoms with Crippen LogP contribution in [-0.4, -0.2) is 37.0 Å². The van der Waals surface area contributed by atoms with Crippen LogP contribution in [0, 0.1) is 5.92 Å². The van der Waals surface area contributed by atoms with Gasteiger partial charge in [-0.25, -0.2) is 0 Å². The van der Waals surface area contributed by atoms with E-state index < -0.39 is 0 Å². The Kier molecular flexibility index (Phi) is 8.55. The van der Waals surface area contributed by atoms with Crippen LogP contribution in [-0.2, 0) is 4.79 Å². The molecule has 1 aliphatic heterocycles. The number of rotatable bonds is 2. The van der Waals surface area contributed by atoms with Crippen molar-refractivity contribution < 1.29 is 4.79 Å². The first-order valence-corrected chi connectivity index (χ1v) is 8.26. The van der Waals surface area contributed by atoms with Crippen LogP contribution >= 0.6 is 12.4 Å². The van der Waals surface area contributed by atoms with Crippen molar-refractivity contribution in [1.29, 1.82) is 0 Å². The zero-order chi connectivity index (χ0) is 13.5. The molecule has 1 aliphatic carbocycles. The Bertz CT molecular complexity index is 270. The molecule has 20 heavy (non-hydrogen) atoms. The van der Waals surface area contributed by atoms with Gasteiger partial charge in [0.15, 0.2) is 0 Å².